The molecule has 3 N–H and O–H groups in total. The van der Waals surface area contributed by atoms with Crippen molar-refractivity contribution in [2.75, 3.05) is 12.3 Å². The fourth-order valence-corrected chi connectivity index (χ4v) is 4.07. The molecule has 0 spiro atoms. The zero-order chi connectivity index (χ0) is 14.8. The molecule has 1 aromatic heterocycles. The third-order valence-electron chi connectivity index (χ3n) is 2.90. The number of rotatable bonds is 5. The molecule has 0 amide bonds. The van der Waals surface area contributed by atoms with E-state index in [0.29, 0.717) is 18.7 Å². The zero-order valence-electron chi connectivity index (χ0n) is 10.9. The molecule has 0 aliphatic carbocycles. The molecule has 0 bridgehead atoms. The highest BCUT2D eigenvalue weighted by Crippen LogP contribution is 2.26. The van der Waals surface area contributed by atoms with Gasteiger partial charge in [0.2, 0.25) is 10.0 Å². The van der Waals surface area contributed by atoms with Crippen LogP contribution in [-0.4, -0.2) is 15.0 Å². The van der Waals surface area contributed by atoms with Gasteiger partial charge in [-0.05, 0) is 53.4 Å². The van der Waals surface area contributed by atoms with Crippen LogP contribution in [0.1, 0.15) is 11.1 Å². The third-order valence-corrected chi connectivity index (χ3v) is 5.55. The number of thiophene rings is 1. The topological polar surface area (TPSA) is 72.2 Å². The maximum atomic E-state index is 12.2. The van der Waals surface area contributed by atoms with E-state index in [1.807, 2.05) is 16.8 Å². The Balaban J connectivity index is 2.12. The van der Waals surface area contributed by atoms with E-state index in [4.69, 9.17) is 17.3 Å². The summed E-state index contributed by atoms with van der Waals surface area (Å²) in [5, 5.41) is 4.13. The SMILES string of the molecule is Cc1cc(Cl)c(S(=O)(=O)NCCc2ccsc2)cc1N. The minimum atomic E-state index is -3.64. The number of benzene rings is 1. The first-order valence-corrected chi connectivity index (χ1v) is 8.77. The second-order valence-corrected chi connectivity index (χ2v) is 7.34. The van der Waals surface area contributed by atoms with Gasteiger partial charge in [0.05, 0.1) is 5.02 Å². The first kappa shape index (κ1) is 15.3. The van der Waals surface area contributed by atoms with Gasteiger partial charge in [-0.3, -0.25) is 0 Å². The Hall–Kier alpha value is -1.08. The van der Waals surface area contributed by atoms with Crippen molar-refractivity contribution in [3.05, 3.63) is 45.1 Å². The highest BCUT2D eigenvalue weighted by molar-refractivity contribution is 7.89. The van der Waals surface area contributed by atoms with Gasteiger partial charge in [-0.15, -0.1) is 0 Å². The van der Waals surface area contributed by atoms with Gasteiger partial charge in [-0.1, -0.05) is 11.6 Å². The summed E-state index contributed by atoms with van der Waals surface area (Å²) in [6, 6.07) is 4.92. The average molecular weight is 331 g/mol. The van der Waals surface area contributed by atoms with Crippen molar-refractivity contribution in [3.63, 3.8) is 0 Å². The van der Waals surface area contributed by atoms with E-state index in [2.05, 4.69) is 4.72 Å². The number of sulfonamides is 1. The van der Waals surface area contributed by atoms with Gasteiger partial charge >= 0.3 is 0 Å². The summed E-state index contributed by atoms with van der Waals surface area (Å²) in [6.07, 6.45) is 0.641. The molecule has 108 valence electrons. The van der Waals surface area contributed by atoms with E-state index < -0.39 is 10.0 Å². The van der Waals surface area contributed by atoms with Gasteiger partial charge in [-0.25, -0.2) is 13.1 Å². The molecule has 0 radical (unpaired) electrons. The first-order valence-electron chi connectivity index (χ1n) is 5.96. The molecule has 0 fully saturated rings. The molecule has 0 aliphatic heterocycles. The number of nitrogen functional groups attached to an aromatic ring is 1. The summed E-state index contributed by atoms with van der Waals surface area (Å²) < 4.78 is 26.9. The summed E-state index contributed by atoms with van der Waals surface area (Å²) in [5.41, 5.74) is 8.01. The van der Waals surface area contributed by atoms with E-state index >= 15 is 0 Å². The number of aryl methyl sites for hydroxylation is 1. The molecule has 1 heterocycles. The second-order valence-electron chi connectivity index (χ2n) is 4.42. The van der Waals surface area contributed by atoms with Gasteiger partial charge in [0.15, 0.2) is 0 Å². The Bertz CT molecular complexity index is 697. The highest BCUT2D eigenvalue weighted by Gasteiger charge is 2.18. The Morgan fingerprint density at radius 1 is 1.40 bits per heavy atom. The molecular weight excluding hydrogens is 316 g/mol. The maximum Gasteiger partial charge on any atom is 0.242 e. The summed E-state index contributed by atoms with van der Waals surface area (Å²) >= 11 is 7.58. The van der Waals surface area contributed by atoms with Gasteiger partial charge in [-0.2, -0.15) is 11.3 Å². The zero-order valence-corrected chi connectivity index (χ0v) is 13.3. The summed E-state index contributed by atoms with van der Waals surface area (Å²) in [7, 11) is -3.64. The van der Waals surface area contributed by atoms with E-state index in [-0.39, 0.29) is 9.92 Å². The Morgan fingerprint density at radius 2 is 2.15 bits per heavy atom. The molecule has 0 atom stereocenters. The van der Waals surface area contributed by atoms with Crippen LogP contribution in [0.15, 0.2) is 33.9 Å². The number of hydrogen-bond acceptors (Lipinski definition) is 4. The third kappa shape index (κ3) is 3.52. The summed E-state index contributed by atoms with van der Waals surface area (Å²) in [5.74, 6) is 0. The number of anilines is 1. The van der Waals surface area contributed by atoms with Crippen LogP contribution in [0.25, 0.3) is 0 Å². The quantitative estimate of drug-likeness (QED) is 0.828. The molecule has 20 heavy (non-hydrogen) atoms. The monoisotopic (exact) mass is 330 g/mol. The van der Waals surface area contributed by atoms with Crippen LogP contribution >= 0.6 is 22.9 Å². The number of hydrogen-bond donors (Lipinski definition) is 2. The fraction of sp³-hybridized carbons (Fsp3) is 0.231. The highest BCUT2D eigenvalue weighted by atomic mass is 35.5. The minimum Gasteiger partial charge on any atom is -0.398 e. The van der Waals surface area contributed by atoms with Crippen LogP contribution < -0.4 is 10.5 Å². The van der Waals surface area contributed by atoms with Crippen molar-refractivity contribution in [2.24, 2.45) is 0 Å². The molecule has 2 aromatic rings. The van der Waals surface area contributed by atoms with Crippen molar-refractivity contribution in [3.8, 4) is 0 Å². The smallest absolute Gasteiger partial charge is 0.242 e. The van der Waals surface area contributed by atoms with Crippen LogP contribution in [0.3, 0.4) is 0 Å². The lowest BCUT2D eigenvalue weighted by Gasteiger charge is -2.10. The van der Waals surface area contributed by atoms with E-state index in [1.54, 1.807) is 24.3 Å². The normalized spacial score (nSPS) is 11.7. The van der Waals surface area contributed by atoms with Crippen molar-refractivity contribution >= 4 is 38.6 Å². The molecule has 1 aromatic carbocycles. The molecule has 0 saturated heterocycles. The standard InChI is InChI=1S/C13H15ClN2O2S2/c1-9-6-11(14)13(7-12(9)15)20(17,18)16-4-2-10-3-5-19-8-10/h3,5-8,16H,2,4,15H2,1H3. The lowest BCUT2D eigenvalue weighted by molar-refractivity contribution is 0.582. The lowest BCUT2D eigenvalue weighted by atomic mass is 10.2. The molecule has 4 nitrogen and oxygen atoms in total. The Labute approximate surface area is 127 Å². The first-order chi connectivity index (χ1) is 9.40. The van der Waals surface area contributed by atoms with Crippen molar-refractivity contribution < 1.29 is 8.42 Å². The Morgan fingerprint density at radius 3 is 2.80 bits per heavy atom. The molecule has 7 heteroatoms. The molecule has 0 aliphatic rings. The summed E-state index contributed by atoms with van der Waals surface area (Å²) in [6.45, 7) is 2.10. The van der Waals surface area contributed by atoms with Crippen molar-refractivity contribution in [1.82, 2.24) is 4.72 Å². The molecule has 0 unspecified atom stereocenters. The largest absolute Gasteiger partial charge is 0.398 e. The van der Waals surface area contributed by atoms with Crippen LogP contribution in [0.5, 0.6) is 0 Å². The van der Waals surface area contributed by atoms with Crippen molar-refractivity contribution in [2.45, 2.75) is 18.2 Å². The van der Waals surface area contributed by atoms with Gasteiger partial charge in [0.25, 0.3) is 0 Å². The van der Waals surface area contributed by atoms with E-state index in [1.165, 1.54) is 6.07 Å². The fourth-order valence-electron chi connectivity index (χ4n) is 1.72. The van der Waals surface area contributed by atoms with Crippen LogP contribution in [0.4, 0.5) is 5.69 Å². The molecular formula is C13H15ClN2O2S2. The van der Waals surface area contributed by atoms with E-state index in [0.717, 1.165) is 11.1 Å². The van der Waals surface area contributed by atoms with Gasteiger partial charge in [0.1, 0.15) is 4.90 Å². The van der Waals surface area contributed by atoms with Crippen LogP contribution in [0, 0.1) is 6.92 Å². The van der Waals surface area contributed by atoms with Crippen molar-refractivity contribution in [1.29, 1.82) is 0 Å². The van der Waals surface area contributed by atoms with E-state index in [9.17, 15) is 8.42 Å². The lowest BCUT2D eigenvalue weighted by Crippen LogP contribution is -2.26. The van der Waals surface area contributed by atoms with Gasteiger partial charge < -0.3 is 5.73 Å². The summed E-state index contributed by atoms with van der Waals surface area (Å²) in [4.78, 5) is 0.0209. The molecule has 2 rings (SSSR count). The predicted octanol–water partition coefficient (Wildman–Crippen LogP) is 2.81. The van der Waals surface area contributed by atoms with Gasteiger partial charge in [0, 0.05) is 12.2 Å². The number of nitrogens with two attached hydrogens (primary N) is 1. The maximum absolute atomic E-state index is 12.2. The number of halogens is 1. The molecule has 0 saturated carbocycles. The minimum absolute atomic E-state index is 0.0209. The predicted molar refractivity (Wildman–Crippen MR) is 83.8 cm³/mol. The number of nitrogens with one attached hydrogen (secondary N) is 1. The average Bonchev–Trinajstić information content (AvgIpc) is 2.86. The Kier molecular flexibility index (Phi) is 4.70. The second kappa shape index (κ2) is 6.13. The van der Waals surface area contributed by atoms with Crippen LogP contribution in [-0.2, 0) is 16.4 Å². The van der Waals surface area contributed by atoms with Crippen LogP contribution in [0.2, 0.25) is 5.02 Å².